The average Bonchev–Trinajstić information content (AvgIpc) is 2.50. The summed E-state index contributed by atoms with van der Waals surface area (Å²) in [5, 5.41) is 21.3. The Balaban J connectivity index is 2.36. The largest absolute Gasteiger partial charge is 0.619 e. The molecule has 26 heavy (non-hydrogen) atoms. The summed E-state index contributed by atoms with van der Waals surface area (Å²) in [6, 6.07) is 3.60. The Bertz CT molecular complexity index is 796. The second kappa shape index (κ2) is 8.37. The summed E-state index contributed by atoms with van der Waals surface area (Å²) < 4.78 is 34.4. The number of rotatable bonds is 6. The number of carbonyl (C=O) groups is 1. The van der Waals surface area contributed by atoms with E-state index < -0.39 is 30.2 Å². The van der Waals surface area contributed by atoms with E-state index in [-0.39, 0.29) is 16.5 Å². The maximum Gasteiger partial charge on any atom is 0.387 e. The van der Waals surface area contributed by atoms with Gasteiger partial charge in [-0.3, -0.25) is 4.79 Å². The molecular weight excluding hydrogens is 395 g/mol. The lowest BCUT2D eigenvalue weighted by molar-refractivity contribution is -0.605. The van der Waals surface area contributed by atoms with Crippen LogP contribution in [0.4, 0.5) is 8.78 Å². The fourth-order valence-electron chi connectivity index (χ4n) is 2.27. The van der Waals surface area contributed by atoms with Gasteiger partial charge in [-0.25, -0.2) is 0 Å². The number of pyridine rings is 1. The lowest BCUT2D eigenvalue weighted by atomic mass is 10.0. The fourth-order valence-corrected chi connectivity index (χ4v) is 2.87. The summed E-state index contributed by atoms with van der Waals surface area (Å²) in [7, 11) is 0. The molecule has 0 saturated heterocycles. The van der Waals surface area contributed by atoms with Gasteiger partial charge in [-0.1, -0.05) is 29.3 Å². The fraction of sp³-hybridized carbons (Fsp3) is 0.250. The van der Waals surface area contributed by atoms with Crippen molar-refractivity contribution in [2.45, 2.75) is 26.1 Å². The first-order valence-electron chi connectivity index (χ1n) is 7.19. The van der Waals surface area contributed by atoms with Gasteiger partial charge in [0.2, 0.25) is 0 Å². The number of benzene rings is 1. The summed E-state index contributed by atoms with van der Waals surface area (Å²) >= 11 is 12.0. The van der Waals surface area contributed by atoms with Gasteiger partial charge in [0, 0.05) is 18.9 Å². The first-order chi connectivity index (χ1) is 12.2. The molecule has 1 heterocycles. The van der Waals surface area contributed by atoms with E-state index in [1.54, 1.807) is 0 Å². The van der Waals surface area contributed by atoms with E-state index >= 15 is 0 Å². The lowest BCUT2D eigenvalue weighted by Gasteiger charge is -2.19. The number of ether oxygens (including phenoxy) is 2. The molecule has 1 aromatic heterocycles. The molecule has 1 atom stereocenters. The second-order valence-corrected chi connectivity index (χ2v) is 6.01. The zero-order valence-electron chi connectivity index (χ0n) is 13.3. The average molecular weight is 408 g/mol. The SMILES string of the molecule is CC(=O)OC(Cc1c(Cl)c[n+]([O-])cc1Cl)c1ccc(OC(F)F)c(O)c1. The third kappa shape index (κ3) is 5.09. The van der Waals surface area contributed by atoms with Gasteiger partial charge in [-0.2, -0.15) is 13.5 Å². The van der Waals surface area contributed by atoms with Crippen LogP contribution < -0.4 is 9.47 Å². The molecule has 2 aromatic rings. The Morgan fingerprint density at radius 2 is 1.92 bits per heavy atom. The van der Waals surface area contributed by atoms with Crippen molar-refractivity contribution in [3.63, 3.8) is 0 Å². The van der Waals surface area contributed by atoms with E-state index in [1.807, 2.05) is 0 Å². The number of aromatic nitrogens is 1. The molecule has 0 amide bonds. The smallest absolute Gasteiger partial charge is 0.387 e. The van der Waals surface area contributed by atoms with E-state index in [2.05, 4.69) is 4.74 Å². The molecular formula is C16H13Cl2F2NO5. The summed E-state index contributed by atoms with van der Waals surface area (Å²) in [6.07, 6.45) is 1.23. The Kier molecular flexibility index (Phi) is 6.44. The number of halogens is 4. The highest BCUT2D eigenvalue weighted by Crippen LogP contribution is 2.35. The molecule has 6 nitrogen and oxygen atoms in total. The van der Waals surface area contributed by atoms with Crippen molar-refractivity contribution in [3.05, 3.63) is 57.0 Å². The number of phenols is 1. The van der Waals surface area contributed by atoms with Crippen molar-refractivity contribution in [1.82, 2.24) is 0 Å². The van der Waals surface area contributed by atoms with E-state index in [0.717, 1.165) is 24.5 Å². The van der Waals surface area contributed by atoms with Gasteiger partial charge in [-0.15, -0.1) is 0 Å². The first-order valence-corrected chi connectivity index (χ1v) is 7.94. The summed E-state index contributed by atoms with van der Waals surface area (Å²) in [5.41, 5.74) is 0.643. The molecule has 1 aromatic carbocycles. The van der Waals surface area contributed by atoms with Crippen LogP contribution in [0.25, 0.3) is 0 Å². The zero-order valence-corrected chi connectivity index (χ0v) is 14.8. The minimum Gasteiger partial charge on any atom is -0.619 e. The molecule has 0 spiro atoms. The molecule has 0 aliphatic rings. The van der Waals surface area contributed by atoms with Crippen LogP contribution in [-0.4, -0.2) is 17.7 Å². The standard InChI is InChI=1S/C16H13Cl2F2NO5/c1-8(22)25-15(5-10-11(17)6-21(24)7-12(10)18)9-2-3-14(13(23)4-9)26-16(19)20/h2-4,6-7,15-16,23H,5H2,1H3. The van der Waals surface area contributed by atoms with Crippen LogP contribution in [0.1, 0.15) is 24.2 Å². The van der Waals surface area contributed by atoms with Crippen molar-refractivity contribution in [3.8, 4) is 11.5 Å². The number of hydrogen-bond donors (Lipinski definition) is 1. The van der Waals surface area contributed by atoms with Gasteiger partial charge >= 0.3 is 12.6 Å². The molecule has 0 aliphatic carbocycles. The molecule has 2 rings (SSSR count). The molecule has 0 aliphatic heterocycles. The highest BCUT2D eigenvalue weighted by atomic mass is 35.5. The molecule has 10 heteroatoms. The van der Waals surface area contributed by atoms with Crippen molar-refractivity contribution in [2.75, 3.05) is 0 Å². The highest BCUT2D eigenvalue weighted by Gasteiger charge is 2.22. The Hall–Kier alpha value is -2.32. The maximum absolute atomic E-state index is 12.3. The topological polar surface area (TPSA) is 82.7 Å². The third-order valence-electron chi connectivity index (χ3n) is 3.33. The number of aromatic hydroxyl groups is 1. The van der Waals surface area contributed by atoms with Crippen molar-refractivity contribution in [1.29, 1.82) is 0 Å². The zero-order chi connectivity index (χ0) is 19.4. The second-order valence-electron chi connectivity index (χ2n) is 5.20. The number of phenolic OH excluding ortho intramolecular Hbond substituents is 1. The number of hydrogen-bond acceptors (Lipinski definition) is 5. The monoisotopic (exact) mass is 407 g/mol. The van der Waals surface area contributed by atoms with Crippen LogP contribution in [-0.2, 0) is 16.0 Å². The number of carbonyl (C=O) groups excluding carboxylic acids is 1. The minimum absolute atomic E-state index is 0.00736. The van der Waals surface area contributed by atoms with Crippen LogP contribution >= 0.6 is 23.2 Å². The maximum atomic E-state index is 12.3. The number of nitrogens with zero attached hydrogens (tertiary/aromatic N) is 1. The van der Waals surface area contributed by atoms with Crippen LogP contribution in [0.5, 0.6) is 11.5 Å². The first kappa shape index (κ1) is 20.0. The van der Waals surface area contributed by atoms with Crippen LogP contribution in [0, 0.1) is 5.21 Å². The number of esters is 1. The molecule has 0 radical (unpaired) electrons. The van der Waals surface area contributed by atoms with Gasteiger partial charge in [0.15, 0.2) is 23.9 Å². The molecule has 1 N–H and O–H groups in total. The summed E-state index contributed by atoms with van der Waals surface area (Å²) in [6.45, 7) is -1.92. The molecule has 1 unspecified atom stereocenters. The predicted molar refractivity (Wildman–Crippen MR) is 88.4 cm³/mol. The Morgan fingerprint density at radius 1 is 1.31 bits per heavy atom. The van der Waals surface area contributed by atoms with Crippen molar-refractivity contribution in [2.24, 2.45) is 0 Å². The van der Waals surface area contributed by atoms with E-state index in [4.69, 9.17) is 27.9 Å². The summed E-state index contributed by atoms with van der Waals surface area (Å²) in [4.78, 5) is 11.4. The predicted octanol–water partition coefficient (Wildman–Crippen LogP) is 3.78. The van der Waals surface area contributed by atoms with E-state index in [9.17, 15) is 23.9 Å². The van der Waals surface area contributed by atoms with Crippen molar-refractivity contribution < 1.29 is 32.9 Å². The van der Waals surface area contributed by atoms with E-state index in [0.29, 0.717) is 15.9 Å². The third-order valence-corrected chi connectivity index (χ3v) is 3.98. The van der Waals surface area contributed by atoms with Gasteiger partial charge < -0.3 is 19.8 Å². The molecule has 0 bridgehead atoms. The van der Waals surface area contributed by atoms with E-state index in [1.165, 1.54) is 13.0 Å². The normalized spacial score (nSPS) is 12.1. The Morgan fingerprint density at radius 3 is 2.42 bits per heavy atom. The number of alkyl halides is 2. The van der Waals surface area contributed by atoms with Gasteiger partial charge in [0.05, 0.1) is 0 Å². The van der Waals surface area contributed by atoms with Gasteiger partial charge in [0.1, 0.15) is 16.1 Å². The summed E-state index contributed by atoms with van der Waals surface area (Å²) in [5.74, 6) is -1.60. The molecule has 140 valence electrons. The van der Waals surface area contributed by atoms with Crippen LogP contribution in [0.3, 0.4) is 0 Å². The Labute approximate surface area is 157 Å². The lowest BCUT2D eigenvalue weighted by Crippen LogP contribution is -2.25. The van der Waals surface area contributed by atoms with Gasteiger partial charge in [0.25, 0.3) is 0 Å². The molecule has 0 fully saturated rings. The van der Waals surface area contributed by atoms with Crippen LogP contribution in [0.2, 0.25) is 10.0 Å². The molecule has 0 saturated carbocycles. The quantitative estimate of drug-likeness (QED) is 0.447. The van der Waals surface area contributed by atoms with Crippen LogP contribution in [0.15, 0.2) is 30.6 Å². The van der Waals surface area contributed by atoms with Gasteiger partial charge in [-0.05, 0) is 17.7 Å². The van der Waals surface area contributed by atoms with Crippen molar-refractivity contribution >= 4 is 29.2 Å². The minimum atomic E-state index is -3.10. The highest BCUT2D eigenvalue weighted by molar-refractivity contribution is 6.35.